The van der Waals surface area contributed by atoms with Crippen LogP contribution in [-0.2, 0) is 20.1 Å². The summed E-state index contributed by atoms with van der Waals surface area (Å²) in [6.07, 6.45) is 3.78. The van der Waals surface area contributed by atoms with Gasteiger partial charge in [-0.25, -0.2) is 4.98 Å². The molecule has 0 atom stereocenters. The molecule has 0 aliphatic carbocycles. The van der Waals surface area contributed by atoms with Crippen LogP contribution in [0.25, 0.3) is 67.0 Å². The van der Waals surface area contributed by atoms with E-state index in [2.05, 4.69) is 136 Å². The number of pyridine rings is 3. The molecule has 0 N–H and O–H groups in total. The van der Waals surface area contributed by atoms with Crippen molar-refractivity contribution in [3.05, 3.63) is 162 Å². The molecule has 0 amide bonds. The van der Waals surface area contributed by atoms with E-state index >= 15 is 0 Å². The van der Waals surface area contributed by atoms with Gasteiger partial charge in [0, 0.05) is 43.4 Å². The van der Waals surface area contributed by atoms with Crippen LogP contribution in [0.4, 0.5) is 0 Å². The number of furan rings is 1. The normalized spacial score (nSPS) is 11.1. The largest absolute Gasteiger partial charge is 0.486 e. The van der Waals surface area contributed by atoms with E-state index in [-0.39, 0.29) is 20.1 Å². The molecule has 0 saturated carbocycles. The summed E-state index contributed by atoms with van der Waals surface area (Å²) >= 11 is 0. The van der Waals surface area contributed by atoms with Crippen LogP contribution in [0.15, 0.2) is 126 Å². The molecule has 4 aromatic heterocycles. The third-order valence-corrected chi connectivity index (χ3v) is 9.63. The van der Waals surface area contributed by atoms with Crippen molar-refractivity contribution in [3.8, 4) is 44.9 Å². The van der Waals surface area contributed by atoms with E-state index in [0.717, 1.165) is 44.6 Å². The molecule has 0 aliphatic heterocycles. The summed E-state index contributed by atoms with van der Waals surface area (Å²) < 4.78 is 6.48. The average molecular weight is 870 g/mol. The van der Waals surface area contributed by atoms with E-state index in [1.165, 1.54) is 44.5 Å². The fourth-order valence-corrected chi connectivity index (χ4v) is 6.58. The second-order valence-electron chi connectivity index (χ2n) is 14.1. The smallest absolute Gasteiger partial charge is 0.216 e. The van der Waals surface area contributed by atoms with Gasteiger partial charge in [-0.1, -0.05) is 105 Å². The average Bonchev–Trinajstić information content (AvgIpc) is 3.55. The Labute approximate surface area is 326 Å². The van der Waals surface area contributed by atoms with E-state index in [1.54, 1.807) is 0 Å². The number of rotatable bonds is 6. The molecule has 0 unspecified atom stereocenters. The van der Waals surface area contributed by atoms with Crippen molar-refractivity contribution in [1.29, 1.82) is 0 Å². The summed E-state index contributed by atoms with van der Waals surface area (Å²) in [5.74, 6) is 0.678. The summed E-state index contributed by atoms with van der Waals surface area (Å²) in [7, 11) is 0. The fourth-order valence-electron chi connectivity index (χ4n) is 6.58. The molecule has 4 aromatic carbocycles. The monoisotopic (exact) mass is 870 g/mol. The van der Waals surface area contributed by atoms with E-state index in [0.29, 0.717) is 17.5 Å². The Morgan fingerprint density at radius 2 is 1.28 bits per heavy atom. The van der Waals surface area contributed by atoms with Gasteiger partial charge in [-0.05, 0) is 89.5 Å². The minimum absolute atomic E-state index is 0. The molecule has 8 aromatic rings. The molecule has 0 saturated heterocycles. The molecule has 267 valence electrons. The van der Waals surface area contributed by atoms with Crippen LogP contribution >= 0.6 is 0 Å². The van der Waals surface area contributed by atoms with Crippen LogP contribution in [0.1, 0.15) is 67.3 Å². The summed E-state index contributed by atoms with van der Waals surface area (Å²) in [5.41, 5.74) is 16.0. The number of aryl methyl sites for hydroxylation is 3. The first-order valence-corrected chi connectivity index (χ1v) is 18.0. The third kappa shape index (κ3) is 7.93. The predicted octanol–water partition coefficient (Wildman–Crippen LogP) is 12.9. The molecule has 0 fully saturated rings. The van der Waals surface area contributed by atoms with Gasteiger partial charge in [0.05, 0.1) is 11.3 Å². The quantitative estimate of drug-likeness (QED) is 0.156. The van der Waals surface area contributed by atoms with Crippen LogP contribution in [0.5, 0.6) is 0 Å². The van der Waals surface area contributed by atoms with Crippen LogP contribution in [0.3, 0.4) is 0 Å². The van der Waals surface area contributed by atoms with Crippen molar-refractivity contribution in [1.82, 2.24) is 15.0 Å². The first-order chi connectivity index (χ1) is 25.2. The zero-order valence-electron chi connectivity index (χ0n) is 31.3. The maximum Gasteiger partial charge on any atom is 0.216 e. The number of fused-ring (bicyclic) bond motifs is 3. The Kier molecular flexibility index (Phi) is 11.5. The number of aromatic nitrogens is 3. The van der Waals surface area contributed by atoms with Gasteiger partial charge < -0.3 is 14.4 Å². The van der Waals surface area contributed by atoms with Crippen molar-refractivity contribution >= 4 is 22.1 Å². The van der Waals surface area contributed by atoms with Crippen molar-refractivity contribution in [2.75, 3.05) is 0 Å². The second-order valence-corrected chi connectivity index (χ2v) is 14.1. The number of nitrogens with zero attached hydrogens (tertiary/aromatic N) is 3. The van der Waals surface area contributed by atoms with Gasteiger partial charge in [0.25, 0.3) is 0 Å². The topological polar surface area (TPSA) is 51.8 Å². The minimum Gasteiger partial charge on any atom is -0.486 e. The summed E-state index contributed by atoms with van der Waals surface area (Å²) in [4.78, 5) is 14.1. The van der Waals surface area contributed by atoms with E-state index in [9.17, 15) is 0 Å². The zero-order valence-corrected chi connectivity index (χ0v) is 33.7. The first-order valence-electron chi connectivity index (χ1n) is 18.0. The summed E-state index contributed by atoms with van der Waals surface area (Å²) in [6, 6.07) is 44.2. The Morgan fingerprint density at radius 3 is 1.92 bits per heavy atom. The zero-order chi connectivity index (χ0) is 36.4. The second kappa shape index (κ2) is 16.2. The van der Waals surface area contributed by atoms with E-state index in [1.807, 2.05) is 55.7 Å². The number of benzene rings is 4. The Balaban J connectivity index is 0.000000289. The molecule has 8 rings (SSSR count). The molecule has 0 spiro atoms. The SMILES string of the molecule is Cc1ccc(-c2[c-]cccc2)nc1.Cc1cnc(-c2[c-]ccc3c2oc2nc(-c4c(C(C)C)cc(-c5ccccc5)cc4C(C)C)ccc23)cc1C.[Ir]. The summed E-state index contributed by atoms with van der Waals surface area (Å²) in [5, 5.41) is 2.04. The van der Waals surface area contributed by atoms with Gasteiger partial charge in [-0.3, -0.25) is 0 Å². The van der Waals surface area contributed by atoms with Crippen LogP contribution < -0.4 is 0 Å². The van der Waals surface area contributed by atoms with Gasteiger partial charge in [0.2, 0.25) is 5.71 Å². The molecule has 4 nitrogen and oxygen atoms in total. The predicted molar refractivity (Wildman–Crippen MR) is 215 cm³/mol. The number of hydrogen-bond donors (Lipinski definition) is 0. The van der Waals surface area contributed by atoms with Gasteiger partial charge in [0.15, 0.2) is 0 Å². The third-order valence-electron chi connectivity index (χ3n) is 9.63. The summed E-state index contributed by atoms with van der Waals surface area (Å²) in [6.45, 7) is 15.3. The Hall–Kier alpha value is -5.22. The molecular weight excluding hydrogens is 827 g/mol. The molecular formula is C48H43IrN3O-2. The first kappa shape index (κ1) is 37.5. The molecule has 1 radical (unpaired) electrons. The molecule has 0 bridgehead atoms. The van der Waals surface area contributed by atoms with Gasteiger partial charge in [-0.15, -0.1) is 54.1 Å². The Morgan fingerprint density at radius 1 is 0.585 bits per heavy atom. The van der Waals surface area contributed by atoms with Crippen molar-refractivity contribution in [3.63, 3.8) is 0 Å². The van der Waals surface area contributed by atoms with Crippen molar-refractivity contribution in [2.24, 2.45) is 0 Å². The molecule has 0 aliphatic rings. The minimum atomic E-state index is 0. The number of hydrogen-bond acceptors (Lipinski definition) is 4. The van der Waals surface area contributed by atoms with Crippen LogP contribution in [0, 0.1) is 32.9 Å². The maximum atomic E-state index is 6.48. The van der Waals surface area contributed by atoms with Gasteiger partial charge in [-0.2, -0.15) is 0 Å². The van der Waals surface area contributed by atoms with Crippen molar-refractivity contribution in [2.45, 2.75) is 60.3 Å². The van der Waals surface area contributed by atoms with Crippen molar-refractivity contribution < 1.29 is 24.5 Å². The molecule has 53 heavy (non-hydrogen) atoms. The molecule has 5 heteroatoms. The van der Waals surface area contributed by atoms with Crippen LogP contribution in [0.2, 0.25) is 0 Å². The van der Waals surface area contributed by atoms with Gasteiger partial charge >= 0.3 is 0 Å². The maximum absolute atomic E-state index is 6.48. The fraction of sp³-hybridized carbons (Fsp3) is 0.188. The van der Waals surface area contributed by atoms with Gasteiger partial charge in [0.1, 0.15) is 0 Å². The van der Waals surface area contributed by atoms with E-state index in [4.69, 9.17) is 9.40 Å². The molecule has 4 heterocycles. The Bertz CT molecular complexity index is 2460. The van der Waals surface area contributed by atoms with Crippen LogP contribution in [-0.4, -0.2) is 15.0 Å². The van der Waals surface area contributed by atoms with E-state index < -0.39 is 0 Å². The standard InChI is InChI=1S/C36H33N2O.C12H10N.Ir/c1-21(2)30-18-26(25-11-8-7-9-12-25)19-31(22(3)4)34(30)32-16-15-28-27-13-10-14-29(35(27)39-36(28)38-32)33-17-23(5)24(6)20-37-33;1-10-7-8-12(13-9-10)11-5-3-2-4-6-11;/h7-13,15-22H,1-6H3;2-5,7-9H,1H3;/q2*-1;.